The first kappa shape index (κ1) is 35.0. The minimum Gasteiger partial charge on any atom is -0.508 e. The molecule has 1 N–H and O–H groups in total. The van der Waals surface area contributed by atoms with Crippen LogP contribution in [0.3, 0.4) is 0 Å². The second-order valence-corrected chi connectivity index (χ2v) is 15.1. The van der Waals surface area contributed by atoms with E-state index in [9.17, 15) is 22.7 Å². The molecule has 2 aliphatic rings. The minimum atomic E-state index is -4.60. The van der Waals surface area contributed by atoms with E-state index in [1.165, 1.54) is 18.2 Å². The number of hydrogen-bond donors (Lipinski definition) is 1. The molecule has 53 heavy (non-hydrogen) atoms. The molecular formula is C45H35BrF4O3. The Morgan fingerprint density at radius 2 is 1.47 bits per heavy atom. The van der Waals surface area contributed by atoms with Gasteiger partial charge < -0.3 is 14.6 Å². The first-order chi connectivity index (χ1) is 25.3. The number of phenolic OH excluding ortho intramolecular Hbond substituents is 1. The van der Waals surface area contributed by atoms with Crippen LogP contribution in [0, 0.1) is 5.82 Å². The average molecular weight is 780 g/mol. The van der Waals surface area contributed by atoms with Crippen LogP contribution in [0.1, 0.15) is 67.0 Å². The monoisotopic (exact) mass is 778 g/mol. The summed E-state index contributed by atoms with van der Waals surface area (Å²) in [5.74, 6) is 0.735. The topological polar surface area (TPSA) is 38.7 Å². The second-order valence-electron chi connectivity index (χ2n) is 14.2. The van der Waals surface area contributed by atoms with Gasteiger partial charge in [0.05, 0.1) is 12.2 Å². The number of benzene rings is 6. The maximum Gasteiger partial charge on any atom is 0.416 e. The number of ether oxygens (including phenoxy) is 2. The number of fused-ring (bicyclic) bond motifs is 8. The van der Waals surface area contributed by atoms with Gasteiger partial charge in [0.1, 0.15) is 23.1 Å². The van der Waals surface area contributed by atoms with Crippen molar-refractivity contribution >= 4 is 32.8 Å². The van der Waals surface area contributed by atoms with Crippen molar-refractivity contribution in [1.82, 2.24) is 0 Å². The Hall–Kier alpha value is -5.08. The lowest BCUT2D eigenvalue weighted by molar-refractivity contribution is -0.137. The van der Waals surface area contributed by atoms with E-state index < -0.39 is 28.6 Å². The highest BCUT2D eigenvalue weighted by molar-refractivity contribution is 9.10. The van der Waals surface area contributed by atoms with Crippen molar-refractivity contribution in [3.63, 3.8) is 0 Å². The maximum atomic E-state index is 14.4. The summed E-state index contributed by atoms with van der Waals surface area (Å²) < 4.78 is 71.6. The fourth-order valence-electron chi connectivity index (χ4n) is 7.94. The number of halogens is 5. The standard InChI is InChI=1S/C45H35BrF4O3/c1-4-5-22-52-33-17-10-29(11-18-33)44(28-8-13-31(47)14-9-28)21-20-35-41-39(34-19-12-30(45(48,49)50)25-36(34)42(35)53-44)37-23-27(26-6-15-32(51)16-7-26)24-38(46)40(37)43(41,2)3/h6-21,23-25,51H,4-5,22H2,1-3H3. The van der Waals surface area contributed by atoms with Gasteiger partial charge in [0, 0.05) is 32.0 Å². The summed E-state index contributed by atoms with van der Waals surface area (Å²) in [6.07, 6.45) is 1.19. The van der Waals surface area contributed by atoms with Crippen LogP contribution >= 0.6 is 15.9 Å². The third-order valence-corrected chi connectivity index (χ3v) is 11.1. The number of phenols is 1. The predicted molar refractivity (Wildman–Crippen MR) is 205 cm³/mol. The average Bonchev–Trinajstić information content (AvgIpc) is 3.38. The first-order valence-electron chi connectivity index (χ1n) is 17.5. The van der Waals surface area contributed by atoms with Gasteiger partial charge >= 0.3 is 6.18 Å². The van der Waals surface area contributed by atoms with Gasteiger partial charge in [0.15, 0.2) is 5.60 Å². The highest BCUT2D eigenvalue weighted by Crippen LogP contribution is 2.60. The van der Waals surface area contributed by atoms with E-state index >= 15 is 0 Å². The Morgan fingerprint density at radius 1 is 0.792 bits per heavy atom. The molecule has 1 unspecified atom stereocenters. The number of aromatic hydroxyl groups is 1. The third-order valence-electron chi connectivity index (χ3n) is 10.5. The van der Waals surface area contributed by atoms with Crippen molar-refractivity contribution in [1.29, 1.82) is 0 Å². The zero-order valence-electron chi connectivity index (χ0n) is 29.2. The van der Waals surface area contributed by atoms with Crippen LogP contribution in [0.25, 0.3) is 39.1 Å². The third kappa shape index (κ3) is 5.79. The largest absolute Gasteiger partial charge is 0.508 e. The van der Waals surface area contributed by atoms with Gasteiger partial charge in [-0.15, -0.1) is 0 Å². The van der Waals surface area contributed by atoms with Gasteiger partial charge in [0.25, 0.3) is 0 Å². The SMILES string of the molecule is CCCCOc1ccc(C2(c3ccc(F)cc3)C=Cc3c4c(c5ccc(C(F)(F)F)cc5c3O2)-c2cc(-c3ccc(O)cc3)cc(Br)c2C4(C)C)cc1. The molecule has 0 bridgehead atoms. The highest BCUT2D eigenvalue weighted by atomic mass is 79.9. The van der Waals surface area contributed by atoms with Crippen molar-refractivity contribution in [3.8, 4) is 39.5 Å². The van der Waals surface area contributed by atoms with E-state index in [1.54, 1.807) is 30.3 Å². The molecule has 6 aromatic carbocycles. The van der Waals surface area contributed by atoms with Crippen LogP contribution < -0.4 is 9.47 Å². The highest BCUT2D eigenvalue weighted by Gasteiger charge is 2.46. The minimum absolute atomic E-state index is 0.151. The molecule has 1 aliphatic heterocycles. The summed E-state index contributed by atoms with van der Waals surface area (Å²) in [4.78, 5) is 0. The Bertz CT molecular complexity index is 2410. The Balaban J connectivity index is 1.39. The van der Waals surface area contributed by atoms with Gasteiger partial charge in [-0.05, 0) is 112 Å². The van der Waals surface area contributed by atoms with E-state index in [4.69, 9.17) is 9.47 Å². The van der Waals surface area contributed by atoms with Crippen LogP contribution in [-0.2, 0) is 17.2 Å². The zero-order valence-corrected chi connectivity index (χ0v) is 30.8. The number of alkyl halides is 3. The zero-order chi connectivity index (χ0) is 37.3. The summed E-state index contributed by atoms with van der Waals surface area (Å²) in [6, 6.07) is 28.4. The molecule has 0 spiro atoms. The molecule has 268 valence electrons. The van der Waals surface area contributed by atoms with Crippen LogP contribution in [0.15, 0.2) is 114 Å². The van der Waals surface area contributed by atoms with E-state index in [1.807, 2.05) is 54.6 Å². The van der Waals surface area contributed by atoms with Crippen LogP contribution in [0.5, 0.6) is 17.2 Å². The quantitative estimate of drug-likeness (QED) is 0.130. The van der Waals surface area contributed by atoms with Gasteiger partial charge in [-0.2, -0.15) is 13.2 Å². The normalized spacial score (nSPS) is 16.9. The smallest absolute Gasteiger partial charge is 0.416 e. The summed E-state index contributed by atoms with van der Waals surface area (Å²) in [5.41, 5.74) is 4.76. The lowest BCUT2D eigenvalue weighted by atomic mass is 9.76. The molecule has 8 rings (SSSR count). The first-order valence-corrected chi connectivity index (χ1v) is 18.3. The summed E-state index contributed by atoms with van der Waals surface area (Å²) >= 11 is 3.86. The second kappa shape index (κ2) is 12.8. The molecule has 6 aromatic rings. The van der Waals surface area contributed by atoms with Crippen molar-refractivity contribution < 1.29 is 32.1 Å². The van der Waals surface area contributed by atoms with Crippen molar-refractivity contribution in [2.75, 3.05) is 6.61 Å². The van der Waals surface area contributed by atoms with Gasteiger partial charge in [-0.1, -0.05) is 91.7 Å². The van der Waals surface area contributed by atoms with E-state index in [0.717, 1.165) is 56.8 Å². The number of unbranched alkanes of at least 4 members (excludes halogenated alkanes) is 1. The summed E-state index contributed by atoms with van der Waals surface area (Å²) in [6.45, 7) is 6.90. The molecule has 0 aromatic heterocycles. The molecule has 0 radical (unpaired) electrons. The molecule has 0 fully saturated rings. The van der Waals surface area contributed by atoms with Crippen molar-refractivity contribution in [3.05, 3.63) is 153 Å². The fourth-order valence-corrected chi connectivity index (χ4v) is 8.90. The van der Waals surface area contributed by atoms with E-state index in [0.29, 0.717) is 45.6 Å². The molecule has 1 aliphatic carbocycles. The fraction of sp³-hybridized carbons (Fsp3) is 0.200. The summed E-state index contributed by atoms with van der Waals surface area (Å²) in [5, 5.41) is 10.9. The lowest BCUT2D eigenvalue weighted by Gasteiger charge is -2.38. The van der Waals surface area contributed by atoms with Gasteiger partial charge in [-0.3, -0.25) is 0 Å². The predicted octanol–water partition coefficient (Wildman–Crippen LogP) is 13.0. The van der Waals surface area contributed by atoms with Crippen molar-refractivity contribution in [2.24, 2.45) is 0 Å². The number of hydrogen-bond acceptors (Lipinski definition) is 3. The Labute approximate surface area is 313 Å². The van der Waals surface area contributed by atoms with Gasteiger partial charge in [0.2, 0.25) is 0 Å². The molecule has 0 saturated carbocycles. The van der Waals surface area contributed by atoms with E-state index in [2.05, 4.69) is 42.8 Å². The summed E-state index contributed by atoms with van der Waals surface area (Å²) in [7, 11) is 0. The Morgan fingerprint density at radius 3 is 2.13 bits per heavy atom. The molecule has 3 nitrogen and oxygen atoms in total. The lowest BCUT2D eigenvalue weighted by Crippen LogP contribution is -2.35. The molecule has 1 heterocycles. The Kier molecular flexibility index (Phi) is 8.45. The molecule has 0 saturated heterocycles. The molecule has 0 amide bonds. The van der Waals surface area contributed by atoms with Crippen molar-refractivity contribution in [2.45, 2.75) is 50.8 Å². The number of rotatable bonds is 7. The van der Waals surface area contributed by atoms with Crippen LogP contribution in [-0.4, -0.2) is 11.7 Å². The maximum absolute atomic E-state index is 14.4. The molecule has 8 heteroatoms. The molecule has 1 atom stereocenters. The van der Waals surface area contributed by atoms with Crippen LogP contribution in [0.2, 0.25) is 0 Å². The van der Waals surface area contributed by atoms with E-state index in [-0.39, 0.29) is 5.75 Å². The van der Waals surface area contributed by atoms with Gasteiger partial charge in [-0.25, -0.2) is 4.39 Å². The molecular weight excluding hydrogens is 744 g/mol. The van der Waals surface area contributed by atoms with Crippen LogP contribution in [0.4, 0.5) is 17.6 Å².